The molecule has 0 unspecified atom stereocenters. The fraction of sp³-hybridized carbons (Fsp3) is 0.409. The lowest BCUT2D eigenvalue weighted by Gasteiger charge is -2.49. The highest BCUT2D eigenvalue weighted by Gasteiger charge is 2.55. The highest BCUT2D eigenvalue weighted by molar-refractivity contribution is 7.92. The summed E-state index contributed by atoms with van der Waals surface area (Å²) < 4.78 is 16.0. The van der Waals surface area contributed by atoms with Gasteiger partial charge < -0.3 is 21.7 Å². The molecule has 2 aliphatic carbocycles. The molecule has 0 spiro atoms. The van der Waals surface area contributed by atoms with E-state index >= 15 is 0 Å². The number of carbonyl (C=O) groups is 3. The summed E-state index contributed by atoms with van der Waals surface area (Å²) in [6.45, 7) is 0. The van der Waals surface area contributed by atoms with Crippen LogP contribution in [0.15, 0.2) is 46.8 Å². The van der Waals surface area contributed by atoms with Crippen LogP contribution in [0.4, 0.5) is 9.80 Å². The molecule has 33 heavy (non-hydrogen) atoms. The molecule has 5 N–H and O–H groups in total. The summed E-state index contributed by atoms with van der Waals surface area (Å²) in [4.78, 5) is 37.5. The van der Waals surface area contributed by atoms with E-state index in [1.807, 2.05) is 30.3 Å². The van der Waals surface area contributed by atoms with Gasteiger partial charge in [-0.3, -0.25) is 9.59 Å². The van der Waals surface area contributed by atoms with Crippen molar-refractivity contribution in [2.75, 3.05) is 12.5 Å². The second kappa shape index (κ2) is 8.45. The van der Waals surface area contributed by atoms with E-state index in [2.05, 4.69) is 20.3 Å². The van der Waals surface area contributed by atoms with Gasteiger partial charge in [0.1, 0.15) is 10.5 Å². The first-order valence-corrected chi connectivity index (χ1v) is 13.7. The highest BCUT2D eigenvalue weighted by atomic mass is 32.2. The van der Waals surface area contributed by atoms with Gasteiger partial charge in [0.05, 0.1) is 10.4 Å². The van der Waals surface area contributed by atoms with Crippen LogP contribution in [0.3, 0.4) is 0 Å². The summed E-state index contributed by atoms with van der Waals surface area (Å²) in [6, 6.07) is 12.1. The summed E-state index contributed by atoms with van der Waals surface area (Å²) in [5.41, 5.74) is 4.60. The summed E-state index contributed by atoms with van der Waals surface area (Å²) in [5, 5.41) is 9.24. The number of hydrogen-bond acceptors (Lipinski definition) is 6. The SMILES string of the molecule is CS(C)(=O)=Nc1ccc(C(=O)NC2CC(NC(=O)C3(NC(N)=O)CC3)(c3ccccc3)C2)s1. The van der Waals surface area contributed by atoms with Gasteiger partial charge in [-0.05, 0) is 43.4 Å². The molecule has 0 radical (unpaired) electrons. The van der Waals surface area contributed by atoms with Crippen molar-refractivity contribution in [3.05, 3.63) is 52.9 Å². The van der Waals surface area contributed by atoms with Crippen LogP contribution in [0.2, 0.25) is 0 Å². The minimum Gasteiger partial charge on any atom is -0.352 e. The average molecular weight is 490 g/mol. The number of thiophene rings is 1. The Morgan fingerprint density at radius 2 is 1.73 bits per heavy atom. The zero-order chi connectivity index (χ0) is 23.9. The van der Waals surface area contributed by atoms with Gasteiger partial charge in [0.2, 0.25) is 5.91 Å². The van der Waals surface area contributed by atoms with Crippen LogP contribution >= 0.6 is 11.3 Å². The number of amides is 4. The summed E-state index contributed by atoms with van der Waals surface area (Å²) >= 11 is 1.19. The standard InChI is InChI=1S/C22H27N5O4S2/c1-33(2,31)27-17-9-8-16(32-17)18(28)24-15-12-22(13-15,14-6-4-3-5-7-14)25-19(29)21(10-11-21)26-20(23)30/h3-9,15H,10-13H2,1-2H3,(H,24,28)(H,25,29)(H3,23,26,30). The molecular formula is C22H27N5O4S2. The van der Waals surface area contributed by atoms with Crippen LogP contribution in [0.1, 0.15) is 40.9 Å². The van der Waals surface area contributed by atoms with Crippen LogP contribution in [-0.2, 0) is 20.1 Å². The molecule has 11 heteroatoms. The molecule has 176 valence electrons. The number of primary amides is 1. The number of nitrogens with two attached hydrogens (primary N) is 1. The molecule has 1 heterocycles. The van der Waals surface area contributed by atoms with Gasteiger partial charge in [-0.15, -0.1) is 11.3 Å². The Morgan fingerprint density at radius 3 is 2.30 bits per heavy atom. The lowest BCUT2D eigenvalue weighted by molar-refractivity contribution is -0.127. The molecule has 2 aliphatic rings. The van der Waals surface area contributed by atoms with Crippen molar-refractivity contribution in [2.45, 2.75) is 42.8 Å². The number of carbonyl (C=O) groups excluding carboxylic acids is 3. The second-order valence-electron chi connectivity index (χ2n) is 8.96. The van der Waals surface area contributed by atoms with E-state index in [-0.39, 0.29) is 17.9 Å². The maximum atomic E-state index is 13.0. The largest absolute Gasteiger partial charge is 0.352 e. The normalized spacial score (nSPS) is 23.0. The number of rotatable bonds is 7. The number of benzene rings is 1. The van der Waals surface area contributed by atoms with Crippen LogP contribution in [-0.4, -0.2) is 46.1 Å². The quantitative estimate of drug-likeness (QED) is 0.473. The van der Waals surface area contributed by atoms with E-state index in [1.54, 1.807) is 24.6 Å². The zero-order valence-corrected chi connectivity index (χ0v) is 20.1. The van der Waals surface area contributed by atoms with Crippen molar-refractivity contribution in [3.63, 3.8) is 0 Å². The molecule has 0 bridgehead atoms. The second-order valence-corrected chi connectivity index (χ2v) is 12.6. The third-order valence-electron chi connectivity index (χ3n) is 5.88. The van der Waals surface area contributed by atoms with E-state index in [0.717, 1.165) is 5.56 Å². The molecule has 1 aromatic carbocycles. The smallest absolute Gasteiger partial charge is 0.313 e. The molecule has 4 rings (SSSR count). The van der Waals surface area contributed by atoms with E-state index in [9.17, 15) is 18.6 Å². The third kappa shape index (κ3) is 5.19. The van der Waals surface area contributed by atoms with Crippen molar-refractivity contribution in [1.29, 1.82) is 0 Å². The lowest BCUT2D eigenvalue weighted by atomic mass is 9.68. The zero-order valence-electron chi connectivity index (χ0n) is 18.4. The van der Waals surface area contributed by atoms with Gasteiger partial charge >= 0.3 is 6.03 Å². The molecule has 0 atom stereocenters. The number of nitrogens with one attached hydrogen (secondary N) is 3. The van der Waals surface area contributed by atoms with Crippen LogP contribution < -0.4 is 21.7 Å². The Balaban J connectivity index is 1.45. The van der Waals surface area contributed by atoms with Gasteiger partial charge in [0.25, 0.3) is 5.91 Å². The Hall–Kier alpha value is -2.92. The van der Waals surface area contributed by atoms with Crippen molar-refractivity contribution in [2.24, 2.45) is 10.1 Å². The minimum absolute atomic E-state index is 0.138. The Labute approximate surface area is 196 Å². The predicted octanol–water partition coefficient (Wildman–Crippen LogP) is 2.21. The first kappa shape index (κ1) is 23.2. The molecule has 0 saturated heterocycles. The van der Waals surface area contributed by atoms with Gasteiger partial charge in [0, 0.05) is 28.3 Å². The topological polar surface area (TPSA) is 143 Å². The van der Waals surface area contributed by atoms with E-state index in [1.165, 1.54) is 11.3 Å². The number of nitrogens with zero attached hydrogens (tertiary/aromatic N) is 1. The third-order valence-corrected chi connectivity index (χ3v) is 7.61. The van der Waals surface area contributed by atoms with Gasteiger partial charge in [-0.1, -0.05) is 30.3 Å². The average Bonchev–Trinajstić information content (AvgIpc) is 3.33. The molecular weight excluding hydrogens is 462 g/mol. The van der Waals surface area contributed by atoms with E-state index in [4.69, 9.17) is 5.73 Å². The molecule has 0 aliphatic heterocycles. The van der Waals surface area contributed by atoms with Gasteiger partial charge in [-0.2, -0.15) is 4.36 Å². The van der Waals surface area contributed by atoms with Crippen LogP contribution in [0.25, 0.3) is 0 Å². The summed E-state index contributed by atoms with van der Waals surface area (Å²) in [5.74, 6) is -0.491. The Kier molecular flexibility index (Phi) is 5.95. The Morgan fingerprint density at radius 1 is 1.06 bits per heavy atom. The molecule has 2 saturated carbocycles. The van der Waals surface area contributed by atoms with Crippen molar-refractivity contribution in [1.82, 2.24) is 16.0 Å². The molecule has 2 aromatic rings. The van der Waals surface area contributed by atoms with Crippen LogP contribution in [0.5, 0.6) is 0 Å². The number of urea groups is 1. The molecule has 1 aromatic heterocycles. The fourth-order valence-corrected chi connectivity index (χ4v) is 5.96. The summed E-state index contributed by atoms with van der Waals surface area (Å²) in [7, 11) is -2.30. The fourth-order valence-electron chi connectivity index (χ4n) is 4.13. The van der Waals surface area contributed by atoms with Gasteiger partial charge in [-0.25, -0.2) is 9.00 Å². The van der Waals surface area contributed by atoms with E-state index in [0.29, 0.717) is 35.6 Å². The molecule has 2 fully saturated rings. The first-order valence-electron chi connectivity index (χ1n) is 10.5. The predicted molar refractivity (Wildman–Crippen MR) is 128 cm³/mol. The number of hydrogen-bond donors (Lipinski definition) is 4. The maximum absolute atomic E-state index is 13.0. The van der Waals surface area contributed by atoms with Crippen molar-refractivity contribution in [3.8, 4) is 0 Å². The first-order chi connectivity index (χ1) is 15.5. The minimum atomic E-state index is -2.30. The van der Waals surface area contributed by atoms with E-state index < -0.39 is 26.8 Å². The molecule has 9 nitrogen and oxygen atoms in total. The monoisotopic (exact) mass is 489 g/mol. The maximum Gasteiger partial charge on any atom is 0.313 e. The van der Waals surface area contributed by atoms with Gasteiger partial charge in [0.15, 0.2) is 0 Å². The Bertz CT molecular complexity index is 1200. The van der Waals surface area contributed by atoms with Crippen molar-refractivity contribution >= 4 is 43.9 Å². The molecule has 4 amide bonds. The van der Waals surface area contributed by atoms with Crippen LogP contribution in [0, 0.1) is 0 Å². The highest BCUT2D eigenvalue weighted by Crippen LogP contribution is 2.44. The lowest BCUT2D eigenvalue weighted by Crippen LogP contribution is -2.64. The van der Waals surface area contributed by atoms with Crippen molar-refractivity contribution < 1.29 is 18.6 Å². The summed E-state index contributed by atoms with van der Waals surface area (Å²) in [6.07, 6.45) is 5.20.